The van der Waals surface area contributed by atoms with E-state index in [0.29, 0.717) is 0 Å². The molecule has 0 aliphatic heterocycles. The van der Waals surface area contributed by atoms with Gasteiger partial charge in [-0.15, -0.1) is 0 Å². The lowest BCUT2D eigenvalue weighted by Crippen LogP contribution is -2.54. The van der Waals surface area contributed by atoms with Crippen molar-refractivity contribution in [1.29, 1.82) is 0 Å². The minimum atomic E-state index is -1.31. The van der Waals surface area contributed by atoms with Crippen LogP contribution in [0.25, 0.3) is 0 Å². The lowest BCUT2D eigenvalue weighted by atomic mass is 9.96. The number of aliphatic carboxylic acids is 1. The normalized spacial score (nSPS) is 17.9. The van der Waals surface area contributed by atoms with Gasteiger partial charge in [-0.2, -0.15) is 4.39 Å². The van der Waals surface area contributed by atoms with Crippen LogP contribution in [0, 0.1) is 11.9 Å². The highest BCUT2D eigenvalue weighted by atomic mass is 19.1. The zero-order chi connectivity index (χ0) is 13.3. The van der Waals surface area contributed by atoms with Gasteiger partial charge in [0.05, 0.1) is 0 Å². The Hall–Kier alpha value is -1.98. The lowest BCUT2D eigenvalue weighted by molar-refractivity contribution is -0.144. The van der Waals surface area contributed by atoms with E-state index in [1.807, 2.05) is 0 Å². The number of amides is 1. The predicted molar refractivity (Wildman–Crippen MR) is 60.4 cm³/mol. The molecule has 2 N–H and O–H groups in total. The molecule has 1 aromatic heterocycles. The smallest absolute Gasteiger partial charge is 0.329 e. The summed E-state index contributed by atoms with van der Waals surface area (Å²) in [6.45, 7) is 1.46. The number of halogens is 1. The van der Waals surface area contributed by atoms with E-state index in [0.717, 1.165) is 18.9 Å². The van der Waals surface area contributed by atoms with Gasteiger partial charge in [0.15, 0.2) is 0 Å². The van der Waals surface area contributed by atoms with Crippen molar-refractivity contribution in [2.75, 3.05) is 0 Å². The van der Waals surface area contributed by atoms with Crippen molar-refractivity contribution in [2.24, 2.45) is 5.92 Å². The number of carboxylic acid groups (broad SMARTS) is 1. The molecule has 1 aliphatic rings. The van der Waals surface area contributed by atoms with E-state index in [1.54, 1.807) is 0 Å². The van der Waals surface area contributed by atoms with Gasteiger partial charge in [0.2, 0.25) is 5.95 Å². The van der Waals surface area contributed by atoms with Crippen LogP contribution in [-0.2, 0) is 4.79 Å². The molecule has 1 amide bonds. The maximum atomic E-state index is 12.9. The summed E-state index contributed by atoms with van der Waals surface area (Å²) in [5.74, 6) is -2.61. The van der Waals surface area contributed by atoms with Crippen molar-refractivity contribution >= 4 is 11.9 Å². The molecular weight excluding hydrogens is 239 g/mol. The minimum absolute atomic E-state index is 0.0764. The molecule has 0 saturated heterocycles. The van der Waals surface area contributed by atoms with E-state index in [9.17, 15) is 19.1 Å². The van der Waals surface area contributed by atoms with Crippen molar-refractivity contribution in [2.45, 2.75) is 25.3 Å². The summed E-state index contributed by atoms with van der Waals surface area (Å²) in [7, 11) is 0. The van der Waals surface area contributed by atoms with Gasteiger partial charge in [0.25, 0.3) is 5.91 Å². The van der Waals surface area contributed by atoms with E-state index in [4.69, 9.17) is 0 Å². The van der Waals surface area contributed by atoms with Gasteiger partial charge in [-0.3, -0.25) is 4.79 Å². The van der Waals surface area contributed by atoms with Gasteiger partial charge in [-0.05, 0) is 37.8 Å². The summed E-state index contributed by atoms with van der Waals surface area (Å²) in [6.07, 6.45) is 1.53. The number of aromatic nitrogens is 1. The monoisotopic (exact) mass is 252 g/mol. The number of pyridine rings is 1. The molecule has 1 aromatic rings. The van der Waals surface area contributed by atoms with Crippen LogP contribution in [0.2, 0.25) is 0 Å². The van der Waals surface area contributed by atoms with Crippen molar-refractivity contribution in [3.8, 4) is 0 Å². The fourth-order valence-corrected chi connectivity index (χ4v) is 1.83. The molecule has 1 saturated carbocycles. The molecule has 2 rings (SSSR count). The second-order valence-corrected chi connectivity index (χ2v) is 4.58. The van der Waals surface area contributed by atoms with Crippen molar-refractivity contribution in [3.63, 3.8) is 0 Å². The van der Waals surface area contributed by atoms with Crippen LogP contribution < -0.4 is 5.32 Å². The average Bonchev–Trinajstić information content (AvgIpc) is 3.12. The van der Waals surface area contributed by atoms with Gasteiger partial charge in [0, 0.05) is 0 Å². The van der Waals surface area contributed by atoms with Crippen molar-refractivity contribution < 1.29 is 19.1 Å². The van der Waals surface area contributed by atoms with E-state index in [1.165, 1.54) is 19.1 Å². The van der Waals surface area contributed by atoms with Crippen molar-refractivity contribution in [3.05, 3.63) is 29.8 Å². The molecular formula is C12H13FN2O3. The third kappa shape index (κ3) is 2.32. The Morgan fingerprint density at radius 1 is 1.50 bits per heavy atom. The second-order valence-electron chi connectivity index (χ2n) is 4.58. The second kappa shape index (κ2) is 4.36. The molecule has 0 bridgehead atoms. The SMILES string of the molecule is CC(NC(=O)c1cccc(F)n1)(C(=O)O)C1CC1. The van der Waals surface area contributed by atoms with Crippen LogP contribution in [0.3, 0.4) is 0 Å². The first-order valence-electron chi connectivity index (χ1n) is 5.62. The Balaban J connectivity index is 2.17. The Bertz CT molecular complexity index is 502. The molecule has 1 fully saturated rings. The quantitative estimate of drug-likeness (QED) is 0.789. The average molecular weight is 252 g/mol. The summed E-state index contributed by atoms with van der Waals surface area (Å²) in [4.78, 5) is 26.5. The highest BCUT2D eigenvalue weighted by Gasteiger charge is 2.48. The first-order chi connectivity index (χ1) is 8.43. The topological polar surface area (TPSA) is 79.3 Å². The maximum Gasteiger partial charge on any atom is 0.329 e. The van der Waals surface area contributed by atoms with Gasteiger partial charge in [0.1, 0.15) is 11.2 Å². The third-order valence-corrected chi connectivity index (χ3v) is 3.16. The summed E-state index contributed by atoms with van der Waals surface area (Å²) in [6, 6.07) is 3.81. The van der Waals surface area contributed by atoms with Crippen LogP contribution in [-0.4, -0.2) is 27.5 Å². The Kier molecular flexibility index (Phi) is 3.02. The fourth-order valence-electron chi connectivity index (χ4n) is 1.83. The summed E-state index contributed by atoms with van der Waals surface area (Å²) in [5.41, 5.74) is -1.44. The molecule has 1 heterocycles. The highest BCUT2D eigenvalue weighted by Crippen LogP contribution is 2.39. The molecule has 1 aliphatic carbocycles. The molecule has 96 valence electrons. The molecule has 18 heavy (non-hydrogen) atoms. The number of nitrogens with one attached hydrogen (secondary N) is 1. The van der Waals surface area contributed by atoms with E-state index >= 15 is 0 Å². The maximum absolute atomic E-state index is 12.9. The summed E-state index contributed by atoms with van der Waals surface area (Å²) < 4.78 is 12.9. The molecule has 6 heteroatoms. The zero-order valence-electron chi connectivity index (χ0n) is 9.81. The zero-order valence-corrected chi connectivity index (χ0v) is 9.81. The largest absolute Gasteiger partial charge is 0.480 e. The van der Waals surface area contributed by atoms with Gasteiger partial charge in [-0.1, -0.05) is 6.07 Å². The van der Waals surface area contributed by atoms with E-state index in [-0.39, 0.29) is 11.6 Å². The summed E-state index contributed by atoms with van der Waals surface area (Å²) >= 11 is 0. The van der Waals surface area contributed by atoms with Crippen LogP contribution in [0.5, 0.6) is 0 Å². The number of hydrogen-bond acceptors (Lipinski definition) is 3. The van der Waals surface area contributed by atoms with Gasteiger partial charge < -0.3 is 10.4 Å². The Morgan fingerprint density at radius 2 is 2.17 bits per heavy atom. The predicted octanol–water partition coefficient (Wildman–Crippen LogP) is 1.20. The molecule has 0 aromatic carbocycles. The summed E-state index contributed by atoms with van der Waals surface area (Å²) in [5, 5.41) is 11.6. The minimum Gasteiger partial charge on any atom is -0.480 e. The number of rotatable bonds is 4. The number of nitrogens with zero attached hydrogens (tertiary/aromatic N) is 1. The van der Waals surface area contributed by atoms with Gasteiger partial charge in [-0.25, -0.2) is 9.78 Å². The molecule has 0 spiro atoms. The number of hydrogen-bond donors (Lipinski definition) is 2. The molecule has 5 nitrogen and oxygen atoms in total. The highest BCUT2D eigenvalue weighted by molar-refractivity contribution is 5.96. The number of carboxylic acids is 1. The molecule has 1 atom stereocenters. The van der Waals surface area contributed by atoms with E-state index in [2.05, 4.69) is 10.3 Å². The third-order valence-electron chi connectivity index (χ3n) is 3.16. The Morgan fingerprint density at radius 3 is 2.67 bits per heavy atom. The van der Waals surface area contributed by atoms with Crippen LogP contribution in [0.1, 0.15) is 30.3 Å². The Labute approximate surface area is 103 Å². The lowest BCUT2D eigenvalue weighted by Gasteiger charge is -2.25. The fraction of sp³-hybridized carbons (Fsp3) is 0.417. The van der Waals surface area contributed by atoms with E-state index < -0.39 is 23.4 Å². The molecule has 0 radical (unpaired) electrons. The van der Waals surface area contributed by atoms with Crippen LogP contribution >= 0.6 is 0 Å². The first-order valence-corrected chi connectivity index (χ1v) is 5.62. The number of carbonyl (C=O) groups excluding carboxylic acids is 1. The standard InChI is InChI=1S/C12H13FN2O3/c1-12(11(17)18,7-5-6-7)15-10(16)8-3-2-4-9(13)14-8/h2-4,7H,5-6H2,1H3,(H,15,16)(H,17,18). The first kappa shape index (κ1) is 12.5. The van der Waals surface area contributed by atoms with Gasteiger partial charge >= 0.3 is 5.97 Å². The number of carbonyl (C=O) groups is 2. The van der Waals surface area contributed by atoms with Crippen molar-refractivity contribution in [1.82, 2.24) is 10.3 Å². The van der Waals surface area contributed by atoms with Crippen LogP contribution in [0.4, 0.5) is 4.39 Å². The van der Waals surface area contributed by atoms with Crippen LogP contribution in [0.15, 0.2) is 18.2 Å². The molecule has 1 unspecified atom stereocenters.